The quantitative estimate of drug-likeness (QED) is 0.449. The molecule has 0 aliphatic carbocycles. The normalized spacial score (nSPS) is 12.0. The Morgan fingerprint density at radius 1 is 0.968 bits per heavy atom. The summed E-state index contributed by atoms with van der Waals surface area (Å²) in [5, 5.41) is 5.05. The summed E-state index contributed by atoms with van der Waals surface area (Å²) in [6, 6.07) is 20.8. The highest BCUT2D eigenvalue weighted by molar-refractivity contribution is 6.10. The van der Waals surface area contributed by atoms with Crippen molar-refractivity contribution in [2.45, 2.75) is 26.5 Å². The summed E-state index contributed by atoms with van der Waals surface area (Å²) in [5.74, 6) is -0.610. The van der Waals surface area contributed by atoms with Crippen LogP contribution in [0.4, 0.5) is 5.69 Å². The Bertz CT molecular complexity index is 1280. The first kappa shape index (κ1) is 20.5. The summed E-state index contributed by atoms with van der Waals surface area (Å²) in [6.07, 6.45) is -0.968. The molecule has 1 amide bonds. The lowest BCUT2D eigenvalue weighted by Gasteiger charge is -2.15. The molecule has 6 heteroatoms. The van der Waals surface area contributed by atoms with Gasteiger partial charge in [-0.1, -0.05) is 30.3 Å². The van der Waals surface area contributed by atoms with Gasteiger partial charge in [0.25, 0.3) is 5.91 Å². The van der Waals surface area contributed by atoms with Gasteiger partial charge in [-0.3, -0.25) is 4.79 Å². The number of hydrogen-bond donors (Lipinski definition) is 1. The zero-order chi connectivity index (χ0) is 22.0. The number of esters is 1. The van der Waals surface area contributed by atoms with E-state index in [1.54, 1.807) is 31.2 Å². The van der Waals surface area contributed by atoms with Crippen LogP contribution in [0.15, 0.2) is 66.7 Å². The van der Waals surface area contributed by atoms with Crippen LogP contribution in [0.3, 0.4) is 0 Å². The van der Waals surface area contributed by atoms with Gasteiger partial charge in [0.1, 0.15) is 11.3 Å². The number of fused-ring (bicyclic) bond motifs is 3. The number of aromatic nitrogens is 1. The molecule has 1 aromatic heterocycles. The molecule has 158 valence electrons. The van der Waals surface area contributed by atoms with Crippen molar-refractivity contribution in [3.8, 4) is 5.75 Å². The summed E-state index contributed by atoms with van der Waals surface area (Å²) < 4.78 is 12.8. The number of benzene rings is 3. The lowest BCUT2D eigenvalue weighted by Crippen LogP contribution is -2.30. The first-order valence-corrected chi connectivity index (χ1v) is 10.2. The van der Waals surface area contributed by atoms with E-state index in [0.717, 1.165) is 28.4 Å². The van der Waals surface area contributed by atoms with Crippen LogP contribution in [-0.4, -0.2) is 29.7 Å². The van der Waals surface area contributed by atoms with Gasteiger partial charge in [-0.25, -0.2) is 4.79 Å². The molecule has 0 saturated heterocycles. The number of hydrogen-bond acceptors (Lipinski definition) is 4. The van der Waals surface area contributed by atoms with Crippen LogP contribution in [0.1, 0.15) is 24.2 Å². The Morgan fingerprint density at radius 3 is 2.45 bits per heavy atom. The van der Waals surface area contributed by atoms with Crippen LogP contribution in [0, 0.1) is 0 Å². The number of carbonyl (C=O) groups is 2. The minimum atomic E-state index is -0.968. The van der Waals surface area contributed by atoms with Crippen molar-refractivity contribution < 1.29 is 19.1 Å². The van der Waals surface area contributed by atoms with E-state index in [0.29, 0.717) is 11.4 Å². The average Bonchev–Trinajstić information content (AvgIpc) is 3.11. The monoisotopic (exact) mass is 416 g/mol. The van der Waals surface area contributed by atoms with Crippen molar-refractivity contribution in [2.75, 3.05) is 12.4 Å². The summed E-state index contributed by atoms with van der Waals surface area (Å²) in [7, 11) is 1.48. The molecule has 0 aliphatic heterocycles. The average molecular weight is 416 g/mol. The van der Waals surface area contributed by atoms with Gasteiger partial charge < -0.3 is 19.4 Å². The third kappa shape index (κ3) is 3.84. The number of ether oxygens (including phenoxy) is 2. The zero-order valence-corrected chi connectivity index (χ0v) is 17.7. The third-order valence-electron chi connectivity index (χ3n) is 5.34. The molecule has 0 spiro atoms. The molecule has 0 fully saturated rings. The molecule has 6 nitrogen and oxygen atoms in total. The Balaban J connectivity index is 1.54. The number of carbonyl (C=O) groups excluding carboxylic acids is 2. The smallest absolute Gasteiger partial charge is 0.342 e. The van der Waals surface area contributed by atoms with E-state index in [2.05, 4.69) is 28.9 Å². The van der Waals surface area contributed by atoms with Gasteiger partial charge in [0.2, 0.25) is 0 Å². The van der Waals surface area contributed by atoms with Crippen LogP contribution in [0.25, 0.3) is 21.8 Å². The second kappa shape index (κ2) is 8.52. The van der Waals surface area contributed by atoms with E-state index in [1.165, 1.54) is 7.11 Å². The van der Waals surface area contributed by atoms with Crippen LogP contribution >= 0.6 is 0 Å². The molecule has 0 unspecified atom stereocenters. The fourth-order valence-corrected chi connectivity index (χ4v) is 3.81. The molecule has 0 saturated carbocycles. The highest BCUT2D eigenvalue weighted by Gasteiger charge is 2.21. The van der Waals surface area contributed by atoms with E-state index >= 15 is 0 Å². The molecule has 1 atom stereocenters. The van der Waals surface area contributed by atoms with Crippen LogP contribution < -0.4 is 10.1 Å². The molecular formula is C25H24N2O4. The second-order valence-corrected chi connectivity index (χ2v) is 7.23. The minimum Gasteiger partial charge on any atom is -0.496 e. The fraction of sp³-hybridized carbons (Fsp3) is 0.200. The Kier molecular flexibility index (Phi) is 5.62. The number of nitrogens with zero attached hydrogens (tertiary/aromatic N) is 1. The molecule has 4 aromatic rings. The van der Waals surface area contributed by atoms with Gasteiger partial charge >= 0.3 is 5.97 Å². The molecule has 3 aromatic carbocycles. The van der Waals surface area contributed by atoms with Gasteiger partial charge in [0, 0.05) is 34.0 Å². The highest BCUT2D eigenvalue weighted by Crippen LogP contribution is 2.31. The van der Waals surface area contributed by atoms with Gasteiger partial charge in [0.15, 0.2) is 6.10 Å². The third-order valence-corrected chi connectivity index (χ3v) is 5.34. The minimum absolute atomic E-state index is 0.276. The molecule has 0 aliphatic rings. The van der Waals surface area contributed by atoms with Crippen LogP contribution in [0.2, 0.25) is 0 Å². The highest BCUT2D eigenvalue weighted by atomic mass is 16.5. The largest absolute Gasteiger partial charge is 0.496 e. The zero-order valence-electron chi connectivity index (χ0n) is 17.7. The van der Waals surface area contributed by atoms with Crippen LogP contribution in [-0.2, 0) is 16.1 Å². The SMILES string of the molecule is CCn1c2ccccc2c2cc(NC(=O)[C@@H](C)OC(=O)c3ccccc3OC)ccc21. The van der Waals surface area contributed by atoms with E-state index in [4.69, 9.17) is 9.47 Å². The maximum absolute atomic E-state index is 12.7. The van der Waals surface area contributed by atoms with Crippen molar-refractivity contribution in [3.63, 3.8) is 0 Å². The van der Waals surface area contributed by atoms with Crippen molar-refractivity contribution in [3.05, 3.63) is 72.3 Å². The number of anilines is 1. The number of para-hydroxylation sites is 2. The standard InChI is InChI=1S/C25H24N2O4/c1-4-27-21-11-7-5-9-18(21)20-15-17(13-14-22(20)27)26-24(28)16(2)31-25(29)19-10-6-8-12-23(19)30-3/h5-16H,4H2,1-3H3,(H,26,28)/t16-/m1/s1. The van der Waals surface area contributed by atoms with Gasteiger partial charge in [-0.15, -0.1) is 0 Å². The van der Waals surface area contributed by atoms with Gasteiger partial charge in [0.05, 0.1) is 7.11 Å². The second-order valence-electron chi connectivity index (χ2n) is 7.23. The van der Waals surface area contributed by atoms with Gasteiger partial charge in [-0.2, -0.15) is 0 Å². The first-order valence-electron chi connectivity index (χ1n) is 10.2. The summed E-state index contributed by atoms with van der Waals surface area (Å²) in [6.45, 7) is 4.51. The Morgan fingerprint density at radius 2 is 1.68 bits per heavy atom. The molecule has 1 heterocycles. The van der Waals surface area contributed by atoms with Crippen molar-refractivity contribution in [1.29, 1.82) is 0 Å². The number of amides is 1. The van der Waals surface area contributed by atoms with Crippen molar-refractivity contribution >= 4 is 39.4 Å². The lowest BCUT2D eigenvalue weighted by molar-refractivity contribution is -0.123. The van der Waals surface area contributed by atoms with E-state index in [9.17, 15) is 9.59 Å². The topological polar surface area (TPSA) is 69.6 Å². The fourth-order valence-electron chi connectivity index (χ4n) is 3.81. The van der Waals surface area contributed by atoms with Crippen LogP contribution in [0.5, 0.6) is 5.75 Å². The number of nitrogens with one attached hydrogen (secondary N) is 1. The molecule has 4 rings (SSSR count). The predicted molar refractivity (Wildman–Crippen MR) is 122 cm³/mol. The number of rotatable bonds is 6. The summed E-state index contributed by atoms with van der Waals surface area (Å²) >= 11 is 0. The van der Waals surface area contributed by atoms with E-state index < -0.39 is 18.0 Å². The molecule has 31 heavy (non-hydrogen) atoms. The maximum Gasteiger partial charge on any atom is 0.342 e. The molecule has 1 N–H and O–H groups in total. The summed E-state index contributed by atoms with van der Waals surface area (Å²) in [5.41, 5.74) is 3.19. The predicted octanol–water partition coefficient (Wildman–Crippen LogP) is 5.01. The molecular weight excluding hydrogens is 392 g/mol. The van der Waals surface area contributed by atoms with Crippen molar-refractivity contribution in [2.24, 2.45) is 0 Å². The Labute approximate surface area is 180 Å². The van der Waals surface area contributed by atoms with E-state index in [-0.39, 0.29) is 5.56 Å². The Hall–Kier alpha value is -3.80. The van der Waals surface area contributed by atoms with Crippen molar-refractivity contribution in [1.82, 2.24) is 4.57 Å². The first-order chi connectivity index (χ1) is 15.0. The summed E-state index contributed by atoms with van der Waals surface area (Å²) in [4.78, 5) is 25.1. The van der Waals surface area contributed by atoms with E-state index in [1.807, 2.05) is 30.3 Å². The maximum atomic E-state index is 12.7. The number of methoxy groups -OCH3 is 1. The lowest BCUT2D eigenvalue weighted by atomic mass is 10.1. The van der Waals surface area contributed by atoms with Gasteiger partial charge in [-0.05, 0) is 50.2 Å². The molecule has 0 radical (unpaired) electrons. The molecule has 0 bridgehead atoms. The number of aryl methyl sites for hydroxylation is 1.